The number of pyridine rings is 1. The number of aromatic nitrogens is 3. The summed E-state index contributed by atoms with van der Waals surface area (Å²) in [6.07, 6.45) is 2.33. The Balaban J connectivity index is 1.34. The van der Waals surface area contributed by atoms with E-state index in [-0.39, 0.29) is 0 Å². The van der Waals surface area contributed by atoms with Gasteiger partial charge in [0.2, 0.25) is 11.7 Å². The van der Waals surface area contributed by atoms with Gasteiger partial charge >= 0.3 is 5.82 Å². The highest BCUT2D eigenvalue weighted by Crippen LogP contribution is 2.67. The fourth-order valence-corrected chi connectivity index (χ4v) is 9.98. The van der Waals surface area contributed by atoms with Gasteiger partial charge in [-0.2, -0.15) is 0 Å². The molecule has 1 aliphatic carbocycles. The molecule has 0 bridgehead atoms. The van der Waals surface area contributed by atoms with Gasteiger partial charge in [-0.15, -0.1) is 0 Å². The van der Waals surface area contributed by atoms with Gasteiger partial charge in [0, 0.05) is 32.6 Å². The summed E-state index contributed by atoms with van der Waals surface area (Å²) in [4.78, 5) is 0. The van der Waals surface area contributed by atoms with Crippen molar-refractivity contribution in [2.75, 3.05) is 0 Å². The summed E-state index contributed by atoms with van der Waals surface area (Å²) >= 11 is 0. The van der Waals surface area contributed by atoms with Gasteiger partial charge in [0.25, 0.3) is 17.1 Å². The quantitative estimate of drug-likeness (QED) is 0.130. The van der Waals surface area contributed by atoms with Gasteiger partial charge in [-0.3, -0.25) is 0 Å². The predicted octanol–water partition coefficient (Wildman–Crippen LogP) is 8.62. The lowest BCUT2D eigenvalue weighted by atomic mass is 9.64. The normalized spacial score (nSPS) is 17.5. The molecule has 6 aromatic carbocycles. The van der Waals surface area contributed by atoms with Crippen LogP contribution in [0, 0.1) is 0 Å². The van der Waals surface area contributed by atoms with Crippen LogP contribution in [-0.4, -0.2) is 4.57 Å². The molecule has 2 spiro atoms. The second kappa shape index (κ2) is 8.24. The highest BCUT2D eigenvalue weighted by Gasteiger charge is 2.75. The average Bonchev–Trinajstić information content (AvgIpc) is 3.83. The smallest absolute Gasteiger partial charge is 0.221 e. The number of hydrogen-bond donors (Lipinski definition) is 0. The first kappa shape index (κ1) is 25.0. The molecule has 0 fully saturated rings. The molecule has 4 aliphatic rings. The Morgan fingerprint density at radius 1 is 0.521 bits per heavy atom. The van der Waals surface area contributed by atoms with Gasteiger partial charge in [-0.25, -0.2) is 4.57 Å². The lowest BCUT2D eigenvalue weighted by Crippen LogP contribution is -2.82. The standard InChI is InChI=1S/C44H29N4/c1-45-38-23-9-10-24-39(38)47-43(45)33-18-12-22-37-42(33)48(47)41-32(40-27-29(25-26-46(40)48)28-13-3-2-4-14-28)17-11-21-36(41)44(37)34-19-7-5-15-30(34)31-16-6-8-20-35(31)44/h2-27H,1H3/q+3. The van der Waals surface area contributed by atoms with Crippen LogP contribution in [-0.2, 0) is 12.5 Å². The van der Waals surface area contributed by atoms with Crippen LogP contribution < -0.4 is 14.1 Å². The minimum atomic E-state index is -0.463. The molecule has 1 atom stereocenters. The molecule has 4 nitrogen and oxygen atoms in total. The van der Waals surface area contributed by atoms with E-state index in [2.05, 4.69) is 179 Å². The minimum absolute atomic E-state index is 0.462. The van der Waals surface area contributed by atoms with E-state index in [4.69, 9.17) is 0 Å². The van der Waals surface area contributed by atoms with Crippen molar-refractivity contribution in [3.8, 4) is 44.9 Å². The van der Waals surface area contributed by atoms with E-state index in [1.165, 1.54) is 89.6 Å². The summed E-state index contributed by atoms with van der Waals surface area (Å²) in [6, 6.07) is 56.7. The number of para-hydroxylation sites is 4. The van der Waals surface area contributed by atoms with Crippen molar-refractivity contribution in [3.05, 3.63) is 180 Å². The zero-order valence-corrected chi connectivity index (χ0v) is 26.3. The number of rotatable bonds is 1. The van der Waals surface area contributed by atoms with Gasteiger partial charge < -0.3 is 0 Å². The van der Waals surface area contributed by atoms with E-state index >= 15 is 0 Å². The molecule has 5 heterocycles. The van der Waals surface area contributed by atoms with Gasteiger partial charge in [-0.1, -0.05) is 115 Å². The monoisotopic (exact) mass is 613 g/mol. The maximum atomic E-state index is 2.60. The molecule has 0 radical (unpaired) electrons. The van der Waals surface area contributed by atoms with Crippen LogP contribution in [0.4, 0.5) is 11.4 Å². The van der Waals surface area contributed by atoms with Crippen molar-refractivity contribution >= 4 is 22.4 Å². The molecule has 48 heavy (non-hydrogen) atoms. The molecule has 222 valence electrons. The molecular formula is C44H29N4+3. The molecule has 8 aromatic rings. The Labute approximate surface area is 277 Å². The summed E-state index contributed by atoms with van der Waals surface area (Å²) in [7, 11) is 2.23. The first-order chi connectivity index (χ1) is 23.8. The summed E-state index contributed by atoms with van der Waals surface area (Å²) in [5, 5.41) is 0. The first-order valence-corrected chi connectivity index (χ1v) is 16.8. The Bertz CT molecular complexity index is 2710. The number of nitrogens with zero attached hydrogens (tertiary/aromatic N) is 4. The second-order valence-corrected chi connectivity index (χ2v) is 13.5. The molecule has 4 heteroatoms. The number of fused-ring (bicyclic) bond motifs is 13. The van der Waals surface area contributed by atoms with Crippen molar-refractivity contribution in [1.82, 2.24) is 9.27 Å². The predicted molar refractivity (Wildman–Crippen MR) is 189 cm³/mol. The molecule has 0 amide bonds. The van der Waals surface area contributed by atoms with Crippen LogP contribution in [0.25, 0.3) is 55.9 Å². The fraction of sp³-hybridized carbons (Fsp3) is 0.0455. The molecule has 0 N–H and O–H groups in total. The van der Waals surface area contributed by atoms with E-state index in [0.717, 1.165) is 0 Å². The maximum absolute atomic E-state index is 2.60. The van der Waals surface area contributed by atoms with Crippen molar-refractivity contribution in [2.45, 2.75) is 5.41 Å². The zero-order chi connectivity index (χ0) is 31.4. The van der Waals surface area contributed by atoms with Crippen LogP contribution in [0.5, 0.6) is 0 Å². The van der Waals surface area contributed by atoms with E-state index in [0.29, 0.717) is 4.70 Å². The highest BCUT2D eigenvalue weighted by atomic mass is 15.9. The Kier molecular flexibility index (Phi) is 4.30. The van der Waals surface area contributed by atoms with Gasteiger partial charge in [0.1, 0.15) is 15.8 Å². The van der Waals surface area contributed by atoms with Crippen LogP contribution in [0.3, 0.4) is 0 Å². The van der Waals surface area contributed by atoms with Crippen LogP contribution in [0.15, 0.2) is 158 Å². The molecule has 2 aromatic heterocycles. The molecule has 0 saturated carbocycles. The third-order valence-corrected chi connectivity index (χ3v) is 11.6. The third-order valence-electron chi connectivity index (χ3n) is 11.6. The Hall–Kier alpha value is -6.10. The van der Waals surface area contributed by atoms with Crippen molar-refractivity contribution in [1.29, 1.82) is 0 Å². The SMILES string of the molecule is Cn1c2[n+](c3ccccc31)[N+]13c4c(cccc4C4(c5ccccc5-c5ccccc54)c4cccc-2c41)-c1cc(-c2ccccc2)cc[n+]13. The summed E-state index contributed by atoms with van der Waals surface area (Å²) in [6.45, 7) is 0. The molecule has 1 unspecified atom stereocenters. The number of hydrogen-bond acceptors (Lipinski definition) is 0. The van der Waals surface area contributed by atoms with E-state index in [9.17, 15) is 0 Å². The van der Waals surface area contributed by atoms with Gasteiger partial charge in [0.05, 0.1) is 12.5 Å². The van der Waals surface area contributed by atoms with E-state index < -0.39 is 5.41 Å². The first-order valence-electron chi connectivity index (χ1n) is 16.8. The van der Waals surface area contributed by atoms with Crippen molar-refractivity contribution < 1.29 is 9.35 Å². The largest absolute Gasteiger partial charge is 0.353 e. The third kappa shape index (κ3) is 2.48. The maximum Gasteiger partial charge on any atom is 0.353 e. The Morgan fingerprint density at radius 3 is 1.85 bits per heavy atom. The fourth-order valence-electron chi connectivity index (χ4n) is 9.98. The van der Waals surface area contributed by atoms with Crippen molar-refractivity contribution in [3.63, 3.8) is 0 Å². The Morgan fingerprint density at radius 2 is 1.10 bits per heavy atom. The number of imidazole rings is 1. The number of benzene rings is 6. The van der Waals surface area contributed by atoms with Crippen LogP contribution >= 0.6 is 0 Å². The summed E-state index contributed by atoms with van der Waals surface area (Å²) in [5.41, 5.74) is 18.9. The van der Waals surface area contributed by atoms with Gasteiger partial charge in [-0.05, 0) is 57.6 Å². The van der Waals surface area contributed by atoms with Gasteiger partial charge in [0.15, 0.2) is 5.52 Å². The number of aryl methyl sites for hydroxylation is 1. The molecular weight excluding hydrogens is 585 g/mol. The van der Waals surface area contributed by atoms with Crippen LogP contribution in [0.2, 0.25) is 0 Å². The zero-order valence-electron chi connectivity index (χ0n) is 26.3. The average molecular weight is 614 g/mol. The topological polar surface area (TPSA) is 12.7 Å². The highest BCUT2D eigenvalue weighted by molar-refractivity contribution is 5.99. The van der Waals surface area contributed by atoms with E-state index in [1.54, 1.807) is 0 Å². The summed E-state index contributed by atoms with van der Waals surface area (Å²) < 4.78 is 8.00. The van der Waals surface area contributed by atoms with Crippen molar-refractivity contribution in [2.24, 2.45) is 7.05 Å². The minimum Gasteiger partial charge on any atom is -0.221 e. The number of quaternary nitrogens is 1. The lowest BCUT2D eigenvalue weighted by molar-refractivity contribution is -1.01. The van der Waals surface area contributed by atoms with Crippen LogP contribution in [0.1, 0.15) is 22.3 Å². The lowest BCUT2D eigenvalue weighted by Gasteiger charge is -2.39. The summed E-state index contributed by atoms with van der Waals surface area (Å²) in [5.74, 6) is 1.22. The second-order valence-electron chi connectivity index (χ2n) is 13.5. The molecule has 3 aliphatic heterocycles. The van der Waals surface area contributed by atoms with E-state index in [1.807, 2.05) is 0 Å². The molecule has 0 saturated heterocycles. The molecule has 12 rings (SSSR count).